The lowest BCUT2D eigenvalue weighted by molar-refractivity contribution is -0.173. The van der Waals surface area contributed by atoms with E-state index in [0.717, 1.165) is 17.7 Å². The van der Waals surface area contributed by atoms with Crippen LogP contribution in [0.1, 0.15) is 18.1 Å². The Morgan fingerprint density at radius 2 is 1.50 bits per heavy atom. The summed E-state index contributed by atoms with van der Waals surface area (Å²) in [4.78, 5) is 11.3. The topological polar surface area (TPSA) is 35.5 Å². The predicted octanol–water partition coefficient (Wildman–Crippen LogP) is 4.44. The highest BCUT2D eigenvalue weighted by atomic mass is 19.3. The van der Waals surface area contributed by atoms with E-state index in [1.54, 1.807) is 12.1 Å². The molecule has 2 aromatic rings. The van der Waals surface area contributed by atoms with Gasteiger partial charge in [-0.3, -0.25) is 0 Å². The number of aryl methyl sites for hydroxylation is 1. The molecule has 0 saturated carbocycles. The van der Waals surface area contributed by atoms with Gasteiger partial charge in [0.2, 0.25) is 0 Å². The summed E-state index contributed by atoms with van der Waals surface area (Å²) in [5.41, 5.74) is 0.666. The highest BCUT2D eigenvalue weighted by Gasteiger charge is 2.42. The maximum atomic E-state index is 13.8. The van der Waals surface area contributed by atoms with Gasteiger partial charge in [-0.2, -0.15) is 8.78 Å². The molecule has 22 heavy (non-hydrogen) atoms. The summed E-state index contributed by atoms with van der Waals surface area (Å²) >= 11 is 0. The molecular formula is C17H16F2O3. The normalized spacial score (nSPS) is 11.1. The van der Waals surface area contributed by atoms with Crippen molar-refractivity contribution in [1.82, 2.24) is 0 Å². The molecule has 2 rings (SSSR count). The van der Waals surface area contributed by atoms with Crippen LogP contribution in [0.5, 0.6) is 11.5 Å². The van der Waals surface area contributed by atoms with Crippen LogP contribution in [0.3, 0.4) is 0 Å². The monoisotopic (exact) mass is 306 g/mol. The molecule has 0 N–H and O–H groups in total. The number of alkyl halides is 2. The Morgan fingerprint density at radius 3 is 2.00 bits per heavy atom. The van der Waals surface area contributed by atoms with Gasteiger partial charge in [-0.25, -0.2) is 4.79 Å². The number of carbonyl (C=O) groups is 1. The molecule has 0 radical (unpaired) electrons. The second kappa shape index (κ2) is 6.56. The van der Waals surface area contributed by atoms with E-state index in [1.807, 2.05) is 19.1 Å². The van der Waals surface area contributed by atoms with Crippen LogP contribution in [0.4, 0.5) is 8.78 Å². The lowest BCUT2D eigenvalue weighted by Crippen LogP contribution is -2.28. The van der Waals surface area contributed by atoms with Crippen molar-refractivity contribution in [2.45, 2.75) is 19.8 Å². The third kappa shape index (κ3) is 3.61. The summed E-state index contributed by atoms with van der Waals surface area (Å²) in [6.45, 7) is 3.34. The third-order valence-electron chi connectivity index (χ3n) is 3.01. The van der Waals surface area contributed by atoms with E-state index in [2.05, 4.69) is 4.74 Å². The first-order chi connectivity index (χ1) is 10.4. The largest absolute Gasteiger partial charge is 0.461 e. The fourth-order valence-electron chi connectivity index (χ4n) is 1.81. The standard InChI is InChI=1S/C17H16F2O3/c1-3-21-16(20)17(18,19)13-6-10-15(11-7-13)22-14-8-4-12(2)5-9-14/h4-11H,3H2,1-2H3. The van der Waals surface area contributed by atoms with Crippen molar-refractivity contribution in [3.63, 3.8) is 0 Å². The smallest absolute Gasteiger partial charge is 0.381 e. The molecule has 0 spiro atoms. The van der Waals surface area contributed by atoms with E-state index in [1.165, 1.54) is 19.1 Å². The minimum atomic E-state index is -3.67. The average molecular weight is 306 g/mol. The van der Waals surface area contributed by atoms with E-state index in [9.17, 15) is 13.6 Å². The first-order valence-electron chi connectivity index (χ1n) is 6.83. The Kier molecular flexibility index (Phi) is 4.75. The Morgan fingerprint density at radius 1 is 1.00 bits per heavy atom. The van der Waals surface area contributed by atoms with Gasteiger partial charge in [-0.1, -0.05) is 17.7 Å². The summed E-state index contributed by atoms with van der Waals surface area (Å²) in [7, 11) is 0. The van der Waals surface area contributed by atoms with Crippen molar-refractivity contribution in [3.8, 4) is 11.5 Å². The molecule has 0 fully saturated rings. The number of ether oxygens (including phenoxy) is 2. The molecule has 0 aliphatic rings. The van der Waals surface area contributed by atoms with Gasteiger partial charge < -0.3 is 9.47 Å². The van der Waals surface area contributed by atoms with Crippen LogP contribution < -0.4 is 4.74 Å². The molecule has 0 aromatic heterocycles. The zero-order valence-electron chi connectivity index (χ0n) is 12.3. The maximum Gasteiger partial charge on any atom is 0.381 e. The number of hydrogen-bond donors (Lipinski definition) is 0. The Labute approximate surface area is 127 Å². The van der Waals surface area contributed by atoms with E-state index in [0.29, 0.717) is 11.5 Å². The van der Waals surface area contributed by atoms with E-state index >= 15 is 0 Å². The molecular weight excluding hydrogens is 290 g/mol. The Hall–Kier alpha value is -2.43. The molecule has 0 bridgehead atoms. The van der Waals surface area contributed by atoms with E-state index < -0.39 is 17.5 Å². The molecule has 0 saturated heterocycles. The second-order valence-corrected chi connectivity index (χ2v) is 4.73. The van der Waals surface area contributed by atoms with Crippen LogP contribution in [0.2, 0.25) is 0 Å². The number of benzene rings is 2. The quantitative estimate of drug-likeness (QED) is 0.766. The highest BCUT2D eigenvalue weighted by molar-refractivity contribution is 5.79. The van der Waals surface area contributed by atoms with Crippen molar-refractivity contribution >= 4 is 5.97 Å². The van der Waals surface area contributed by atoms with Gasteiger partial charge in [0.15, 0.2) is 0 Å². The van der Waals surface area contributed by atoms with Crippen LogP contribution >= 0.6 is 0 Å². The minimum Gasteiger partial charge on any atom is -0.461 e. The molecule has 2 aromatic carbocycles. The Balaban J connectivity index is 2.13. The Bertz CT molecular complexity index is 634. The van der Waals surface area contributed by atoms with E-state index in [4.69, 9.17) is 4.74 Å². The SMILES string of the molecule is CCOC(=O)C(F)(F)c1ccc(Oc2ccc(C)cc2)cc1. The van der Waals surface area contributed by atoms with Crippen molar-refractivity contribution in [2.24, 2.45) is 0 Å². The van der Waals surface area contributed by atoms with Crippen LogP contribution in [0.15, 0.2) is 48.5 Å². The first-order valence-corrected chi connectivity index (χ1v) is 6.83. The summed E-state index contributed by atoms with van der Waals surface area (Å²) < 4.78 is 37.6. The van der Waals surface area contributed by atoms with Gasteiger partial charge in [-0.15, -0.1) is 0 Å². The number of carbonyl (C=O) groups excluding carboxylic acids is 1. The minimum absolute atomic E-state index is 0.0942. The summed E-state index contributed by atoms with van der Waals surface area (Å²) in [5.74, 6) is -4.21. The number of halogens is 2. The summed E-state index contributed by atoms with van der Waals surface area (Å²) in [5, 5.41) is 0. The highest BCUT2D eigenvalue weighted by Crippen LogP contribution is 2.31. The zero-order valence-corrected chi connectivity index (χ0v) is 12.3. The molecule has 0 aliphatic carbocycles. The van der Waals surface area contributed by atoms with Gasteiger partial charge in [-0.05, 0) is 50.2 Å². The van der Waals surface area contributed by atoms with Gasteiger partial charge in [0, 0.05) is 5.56 Å². The van der Waals surface area contributed by atoms with Crippen molar-refractivity contribution in [1.29, 1.82) is 0 Å². The van der Waals surface area contributed by atoms with Crippen molar-refractivity contribution < 1.29 is 23.0 Å². The van der Waals surface area contributed by atoms with Gasteiger partial charge in [0.25, 0.3) is 0 Å². The number of hydrogen-bond acceptors (Lipinski definition) is 3. The fraction of sp³-hybridized carbons (Fsp3) is 0.235. The molecule has 0 aliphatic heterocycles. The fourth-order valence-corrected chi connectivity index (χ4v) is 1.81. The molecule has 5 heteroatoms. The first kappa shape index (κ1) is 15.9. The van der Waals surface area contributed by atoms with Gasteiger partial charge in [0.1, 0.15) is 11.5 Å². The number of rotatable bonds is 5. The van der Waals surface area contributed by atoms with Gasteiger partial charge >= 0.3 is 11.9 Å². The van der Waals surface area contributed by atoms with Crippen LogP contribution in [0.25, 0.3) is 0 Å². The maximum absolute atomic E-state index is 13.8. The molecule has 0 heterocycles. The molecule has 0 atom stereocenters. The lowest BCUT2D eigenvalue weighted by atomic mass is 10.1. The zero-order chi connectivity index (χ0) is 16.2. The molecule has 3 nitrogen and oxygen atoms in total. The summed E-state index contributed by atoms with van der Waals surface area (Å²) in [6, 6.07) is 12.4. The van der Waals surface area contributed by atoms with E-state index in [-0.39, 0.29) is 6.61 Å². The van der Waals surface area contributed by atoms with Crippen LogP contribution in [-0.4, -0.2) is 12.6 Å². The number of esters is 1. The predicted molar refractivity (Wildman–Crippen MR) is 78.2 cm³/mol. The van der Waals surface area contributed by atoms with Crippen LogP contribution in [0, 0.1) is 6.92 Å². The molecule has 116 valence electrons. The molecule has 0 unspecified atom stereocenters. The average Bonchev–Trinajstić information content (AvgIpc) is 2.50. The molecule has 0 amide bonds. The third-order valence-corrected chi connectivity index (χ3v) is 3.01. The lowest BCUT2D eigenvalue weighted by Gasteiger charge is -2.15. The van der Waals surface area contributed by atoms with Gasteiger partial charge in [0.05, 0.1) is 6.61 Å². The second-order valence-electron chi connectivity index (χ2n) is 4.73. The summed E-state index contributed by atoms with van der Waals surface area (Å²) in [6.07, 6.45) is 0. The van der Waals surface area contributed by atoms with Crippen molar-refractivity contribution in [2.75, 3.05) is 6.61 Å². The van der Waals surface area contributed by atoms with Crippen molar-refractivity contribution in [3.05, 3.63) is 59.7 Å². The van der Waals surface area contributed by atoms with Crippen LogP contribution in [-0.2, 0) is 15.5 Å².